The first kappa shape index (κ1) is 31.5. The Morgan fingerprint density at radius 1 is 1.10 bits per heavy atom. The van der Waals surface area contributed by atoms with E-state index >= 15 is 0 Å². The maximum Gasteiger partial charge on any atom is 0.416 e. The van der Waals surface area contributed by atoms with Crippen LogP contribution in [0.15, 0.2) is 84.5 Å². The number of hydrogen-bond donors (Lipinski definition) is 2. The van der Waals surface area contributed by atoms with Crippen LogP contribution in [0.25, 0.3) is 10.9 Å². The van der Waals surface area contributed by atoms with Crippen molar-refractivity contribution in [3.05, 3.63) is 117 Å². The molecule has 0 aliphatic heterocycles. The van der Waals surface area contributed by atoms with Crippen LogP contribution in [0.3, 0.4) is 0 Å². The zero-order valence-corrected chi connectivity index (χ0v) is 24.1. The quantitative estimate of drug-likeness (QED) is 0.185. The summed E-state index contributed by atoms with van der Waals surface area (Å²) >= 11 is 6.15. The number of aromatic nitrogens is 1. The van der Waals surface area contributed by atoms with Gasteiger partial charge in [0.05, 0.1) is 11.6 Å². The van der Waals surface area contributed by atoms with Gasteiger partial charge in [0.1, 0.15) is 0 Å². The first-order valence-corrected chi connectivity index (χ1v) is 13.2. The number of nitrogens with one attached hydrogen (secondary N) is 1. The van der Waals surface area contributed by atoms with Crippen molar-refractivity contribution in [2.75, 3.05) is 0 Å². The Labute approximate surface area is 242 Å². The largest absolute Gasteiger partial charge is 0.478 e. The first-order chi connectivity index (χ1) is 19.1. The molecule has 0 aliphatic rings. The molecule has 0 aliphatic carbocycles. The van der Waals surface area contributed by atoms with E-state index < -0.39 is 29.7 Å². The van der Waals surface area contributed by atoms with Gasteiger partial charge in [-0.15, -0.1) is 0 Å². The lowest BCUT2D eigenvalue weighted by atomic mass is 10.0. The Balaban J connectivity index is 1.79. The van der Waals surface area contributed by atoms with Crippen molar-refractivity contribution in [1.29, 1.82) is 0 Å². The van der Waals surface area contributed by atoms with Gasteiger partial charge < -0.3 is 15.0 Å². The highest BCUT2D eigenvalue weighted by Crippen LogP contribution is 2.34. The van der Waals surface area contributed by atoms with Crippen molar-refractivity contribution in [2.45, 2.75) is 52.9 Å². The van der Waals surface area contributed by atoms with Crippen molar-refractivity contribution >= 4 is 34.4 Å². The summed E-state index contributed by atoms with van der Waals surface area (Å²) in [6, 6.07) is 7.53. The second kappa shape index (κ2) is 12.6. The summed E-state index contributed by atoms with van der Waals surface area (Å²) < 4.78 is 41.6. The van der Waals surface area contributed by atoms with E-state index in [1.54, 1.807) is 44.2 Å². The predicted octanol–water partition coefficient (Wildman–Crippen LogP) is 8.51. The molecule has 9 heteroatoms. The van der Waals surface area contributed by atoms with Crippen LogP contribution < -0.4 is 5.32 Å². The predicted molar refractivity (Wildman–Crippen MR) is 157 cm³/mol. The molecule has 216 valence electrons. The third-order valence-electron chi connectivity index (χ3n) is 7.00. The zero-order chi connectivity index (χ0) is 30.6. The van der Waals surface area contributed by atoms with Gasteiger partial charge in [-0.1, -0.05) is 48.6 Å². The van der Waals surface area contributed by atoms with Gasteiger partial charge in [-0.2, -0.15) is 13.2 Å². The third-order valence-corrected chi connectivity index (χ3v) is 7.34. The van der Waals surface area contributed by atoms with Crippen molar-refractivity contribution in [1.82, 2.24) is 9.88 Å². The van der Waals surface area contributed by atoms with Gasteiger partial charge in [0, 0.05) is 45.7 Å². The molecule has 2 N–H and O–H groups in total. The fourth-order valence-corrected chi connectivity index (χ4v) is 4.78. The molecular weight excluding hydrogens is 553 g/mol. The topological polar surface area (TPSA) is 71.3 Å². The smallest absolute Gasteiger partial charge is 0.416 e. The molecule has 1 amide bonds. The Morgan fingerprint density at radius 3 is 2.37 bits per heavy atom. The lowest BCUT2D eigenvalue weighted by Crippen LogP contribution is -2.27. The summed E-state index contributed by atoms with van der Waals surface area (Å²) in [6.07, 6.45) is 0.804. The number of nitrogens with zero attached hydrogens (tertiary/aromatic N) is 1. The molecule has 1 atom stereocenters. The van der Waals surface area contributed by atoms with Gasteiger partial charge >= 0.3 is 12.1 Å². The van der Waals surface area contributed by atoms with E-state index in [0.717, 1.165) is 39.9 Å². The molecule has 1 unspecified atom stereocenters. The number of aryl methyl sites for hydroxylation is 1. The Morgan fingerprint density at radius 2 is 1.76 bits per heavy atom. The van der Waals surface area contributed by atoms with Crippen molar-refractivity contribution < 1.29 is 27.9 Å². The summed E-state index contributed by atoms with van der Waals surface area (Å²) in [5.74, 6) is -1.42. The number of benzene rings is 2. The Bertz CT molecular complexity index is 1600. The molecule has 3 rings (SSSR count). The molecule has 0 fully saturated rings. The molecule has 0 saturated carbocycles. The minimum absolute atomic E-state index is 0.131. The van der Waals surface area contributed by atoms with Gasteiger partial charge in [0.2, 0.25) is 0 Å². The molecule has 5 nitrogen and oxygen atoms in total. The lowest BCUT2D eigenvalue weighted by molar-refractivity contribution is -0.137. The SMILES string of the molecule is C=C(C=CC(=C)Cn1c(C)c(C)c2cc(C(=O)NC(C)c3cc(C(F)(F)F)ccc3Cl)ccc21)CC(=CC)C(=O)O. The van der Waals surface area contributed by atoms with Crippen LogP contribution >= 0.6 is 11.6 Å². The van der Waals surface area contributed by atoms with E-state index in [-0.39, 0.29) is 22.6 Å². The summed E-state index contributed by atoms with van der Waals surface area (Å²) in [5, 5.41) is 12.9. The van der Waals surface area contributed by atoms with E-state index in [9.17, 15) is 27.9 Å². The lowest BCUT2D eigenvalue weighted by Gasteiger charge is -2.18. The van der Waals surface area contributed by atoms with Crippen LogP contribution in [0.5, 0.6) is 0 Å². The van der Waals surface area contributed by atoms with Gasteiger partial charge in [0.15, 0.2) is 0 Å². The number of alkyl halides is 3. The summed E-state index contributed by atoms with van der Waals surface area (Å²) in [5.41, 5.74) is 4.23. The minimum Gasteiger partial charge on any atom is -0.478 e. The first-order valence-electron chi connectivity index (χ1n) is 12.8. The number of rotatable bonds is 10. The number of allylic oxidation sites excluding steroid dienone is 5. The van der Waals surface area contributed by atoms with Crippen LogP contribution in [-0.4, -0.2) is 21.6 Å². The standard InChI is InChI=1S/C32H32ClF3N2O3/c1-7-23(31(40)41)14-18(2)8-9-19(3)17-38-22(6)20(4)26-15-24(10-13-29(26)38)30(39)37-21(5)27-16-25(32(34,35)36)11-12-28(27)33/h7-13,15-16,21H,2-3,14,17H2,1,4-6H3,(H,37,39)(H,40,41). The second-order valence-electron chi connectivity index (χ2n) is 9.90. The highest BCUT2D eigenvalue weighted by atomic mass is 35.5. The minimum atomic E-state index is -4.53. The van der Waals surface area contributed by atoms with Gasteiger partial charge in [-0.3, -0.25) is 4.79 Å². The molecule has 2 aromatic carbocycles. The van der Waals surface area contributed by atoms with Crippen LogP contribution in [0, 0.1) is 13.8 Å². The van der Waals surface area contributed by atoms with Gasteiger partial charge in [0.25, 0.3) is 5.91 Å². The zero-order valence-electron chi connectivity index (χ0n) is 23.3. The number of carboxylic acids is 1. The Hall–Kier alpha value is -4.04. The fourth-order valence-electron chi connectivity index (χ4n) is 4.50. The van der Waals surface area contributed by atoms with E-state index in [0.29, 0.717) is 17.7 Å². The number of carbonyl (C=O) groups excluding carboxylic acids is 1. The molecule has 1 aromatic heterocycles. The molecule has 0 radical (unpaired) electrons. The number of carbonyl (C=O) groups is 2. The number of amides is 1. The Kier molecular flexibility index (Phi) is 9.71. The monoisotopic (exact) mass is 584 g/mol. The molecule has 41 heavy (non-hydrogen) atoms. The number of hydrogen-bond acceptors (Lipinski definition) is 2. The summed E-state index contributed by atoms with van der Waals surface area (Å²) in [4.78, 5) is 24.3. The number of aliphatic carboxylic acids is 1. The normalized spacial score (nSPS) is 13.0. The van der Waals surface area contributed by atoms with E-state index in [1.165, 1.54) is 6.07 Å². The van der Waals surface area contributed by atoms with Crippen molar-refractivity contribution in [2.24, 2.45) is 0 Å². The summed E-state index contributed by atoms with van der Waals surface area (Å²) in [7, 11) is 0. The van der Waals surface area contributed by atoms with Crippen molar-refractivity contribution in [3.8, 4) is 0 Å². The molecule has 1 heterocycles. The van der Waals surface area contributed by atoms with Gasteiger partial charge in [-0.25, -0.2) is 4.79 Å². The van der Waals surface area contributed by atoms with Crippen LogP contribution in [0.1, 0.15) is 59.1 Å². The fraction of sp³-hybridized carbons (Fsp3) is 0.250. The molecule has 0 spiro atoms. The number of halogens is 4. The second-order valence-corrected chi connectivity index (χ2v) is 10.3. The average molecular weight is 585 g/mol. The number of fused-ring (bicyclic) bond motifs is 1. The van der Waals surface area contributed by atoms with Crippen LogP contribution in [0.2, 0.25) is 5.02 Å². The molecule has 0 bridgehead atoms. The average Bonchev–Trinajstić information content (AvgIpc) is 3.13. The van der Waals surface area contributed by atoms with Crippen LogP contribution in [0.4, 0.5) is 13.2 Å². The maximum absolute atomic E-state index is 13.2. The summed E-state index contributed by atoms with van der Waals surface area (Å²) in [6.45, 7) is 15.7. The highest BCUT2D eigenvalue weighted by molar-refractivity contribution is 6.31. The van der Waals surface area contributed by atoms with E-state index in [1.807, 2.05) is 19.9 Å². The molecule has 3 aromatic rings. The van der Waals surface area contributed by atoms with Crippen LogP contribution in [-0.2, 0) is 17.5 Å². The highest BCUT2D eigenvalue weighted by Gasteiger charge is 2.31. The molecule has 0 saturated heterocycles. The third kappa shape index (κ3) is 7.38. The van der Waals surface area contributed by atoms with E-state index in [4.69, 9.17) is 11.6 Å². The van der Waals surface area contributed by atoms with Gasteiger partial charge in [-0.05, 0) is 80.8 Å². The maximum atomic E-state index is 13.2. The number of carboxylic acid groups (broad SMARTS) is 1. The van der Waals surface area contributed by atoms with Crippen molar-refractivity contribution in [3.63, 3.8) is 0 Å². The van der Waals surface area contributed by atoms with E-state index in [2.05, 4.69) is 23.0 Å². The molecular formula is C32H32ClF3N2O3.